The second kappa shape index (κ2) is 10.1. The molecule has 2 aromatic carbocycles. The first-order valence-corrected chi connectivity index (χ1v) is 11.5. The number of carbonyl (C=O) groups is 2. The van der Waals surface area contributed by atoms with E-state index in [1.807, 2.05) is 12.1 Å². The van der Waals surface area contributed by atoms with Gasteiger partial charge in [-0.25, -0.2) is 9.59 Å². The van der Waals surface area contributed by atoms with Gasteiger partial charge >= 0.3 is 11.9 Å². The molecular weight excluding hydrogens is 468 g/mol. The zero-order chi connectivity index (χ0) is 25.1. The van der Waals surface area contributed by atoms with Crippen molar-refractivity contribution in [1.82, 2.24) is 0 Å². The predicted octanol–water partition coefficient (Wildman–Crippen LogP) is 3.84. The molecule has 2 aliphatic rings. The lowest BCUT2D eigenvalue weighted by Crippen LogP contribution is -2.41. The number of esters is 2. The van der Waals surface area contributed by atoms with E-state index in [2.05, 4.69) is 11.0 Å². The summed E-state index contributed by atoms with van der Waals surface area (Å²) in [4.78, 5) is 30.0. The van der Waals surface area contributed by atoms with Crippen LogP contribution in [0.5, 0.6) is 0 Å². The number of nitrogens with zero attached hydrogens (tertiary/aromatic N) is 3. The summed E-state index contributed by atoms with van der Waals surface area (Å²) >= 11 is 6.38. The van der Waals surface area contributed by atoms with Gasteiger partial charge in [-0.15, -0.1) is 0 Å². The maximum absolute atomic E-state index is 13.3. The first-order valence-electron chi connectivity index (χ1n) is 11.1. The van der Waals surface area contributed by atoms with Gasteiger partial charge in [-0.1, -0.05) is 41.9 Å². The van der Waals surface area contributed by atoms with E-state index in [1.165, 1.54) is 19.1 Å². The summed E-state index contributed by atoms with van der Waals surface area (Å²) in [7, 11) is 2.44. The maximum atomic E-state index is 13.3. The van der Waals surface area contributed by atoms with E-state index in [-0.39, 0.29) is 22.7 Å². The molecule has 1 fully saturated rings. The molecule has 1 unspecified atom stereocenters. The van der Waals surface area contributed by atoms with Crippen molar-refractivity contribution in [2.24, 2.45) is 5.73 Å². The van der Waals surface area contributed by atoms with Gasteiger partial charge in [0.05, 0.1) is 48.7 Å². The molecular formula is C26H25ClN4O4. The number of anilines is 2. The minimum absolute atomic E-state index is 0.0112. The number of hydrogen-bond acceptors (Lipinski definition) is 8. The zero-order valence-electron chi connectivity index (χ0n) is 19.5. The second-order valence-electron chi connectivity index (χ2n) is 8.16. The van der Waals surface area contributed by atoms with Gasteiger partial charge in [0.2, 0.25) is 0 Å². The lowest BCUT2D eigenvalue weighted by Gasteiger charge is -2.37. The summed E-state index contributed by atoms with van der Waals surface area (Å²) in [6.45, 7) is 1.62. The molecule has 0 aliphatic carbocycles. The molecule has 0 bridgehead atoms. The van der Waals surface area contributed by atoms with E-state index in [0.29, 0.717) is 16.3 Å². The summed E-state index contributed by atoms with van der Waals surface area (Å²) in [5, 5.41) is 10.6. The Morgan fingerprint density at radius 3 is 2.29 bits per heavy atom. The van der Waals surface area contributed by atoms with Crippen molar-refractivity contribution in [1.29, 1.82) is 5.26 Å². The van der Waals surface area contributed by atoms with Crippen LogP contribution in [0.25, 0.3) is 0 Å². The maximum Gasteiger partial charge on any atom is 0.355 e. The van der Waals surface area contributed by atoms with Gasteiger partial charge in [0.15, 0.2) is 0 Å². The molecule has 2 aliphatic heterocycles. The third-order valence-corrected chi connectivity index (χ3v) is 6.47. The Morgan fingerprint density at radius 1 is 1.03 bits per heavy atom. The average molecular weight is 493 g/mol. The average Bonchev–Trinajstić information content (AvgIpc) is 3.42. The molecule has 2 heterocycles. The van der Waals surface area contributed by atoms with Crippen LogP contribution in [0.2, 0.25) is 5.02 Å². The highest BCUT2D eigenvalue weighted by Crippen LogP contribution is 2.46. The van der Waals surface area contributed by atoms with Gasteiger partial charge in [-0.3, -0.25) is 4.90 Å². The number of nitriles is 1. The lowest BCUT2D eigenvalue weighted by atomic mass is 9.81. The standard InChI is InChI=1S/C26H25ClN4O4/c1-34-25(32)22-21(16-8-4-3-5-9-16)18(15-28)24(29)31(23(22)26(33)35-2)20-14-17(27)10-11-19(20)30-12-6-7-13-30/h3-5,8-11,14,21H,6-7,12-13,29H2,1-2H3. The molecule has 1 atom stereocenters. The highest BCUT2D eigenvalue weighted by Gasteiger charge is 2.43. The predicted molar refractivity (Wildman–Crippen MR) is 132 cm³/mol. The number of hydrogen-bond donors (Lipinski definition) is 1. The van der Waals surface area contributed by atoms with Gasteiger partial charge in [0, 0.05) is 18.1 Å². The van der Waals surface area contributed by atoms with Crippen LogP contribution in [0, 0.1) is 11.3 Å². The van der Waals surface area contributed by atoms with Crippen LogP contribution in [-0.2, 0) is 19.1 Å². The van der Waals surface area contributed by atoms with Crippen LogP contribution in [0.15, 0.2) is 71.2 Å². The van der Waals surface area contributed by atoms with Gasteiger partial charge < -0.3 is 20.1 Å². The van der Waals surface area contributed by atoms with Crippen molar-refractivity contribution in [2.45, 2.75) is 18.8 Å². The third kappa shape index (κ3) is 4.31. The molecule has 35 heavy (non-hydrogen) atoms. The summed E-state index contributed by atoms with van der Waals surface area (Å²) in [6.07, 6.45) is 2.03. The van der Waals surface area contributed by atoms with Crippen molar-refractivity contribution in [3.05, 3.63) is 81.8 Å². The summed E-state index contributed by atoms with van der Waals surface area (Å²) in [5.41, 5.74) is 8.43. The molecule has 2 N–H and O–H groups in total. The number of carbonyl (C=O) groups excluding carboxylic acids is 2. The first kappa shape index (κ1) is 24.2. The fourth-order valence-corrected chi connectivity index (χ4v) is 4.83. The van der Waals surface area contributed by atoms with Crippen molar-refractivity contribution < 1.29 is 19.1 Å². The number of benzene rings is 2. The monoisotopic (exact) mass is 492 g/mol. The molecule has 180 valence electrons. The number of nitrogens with two attached hydrogens (primary N) is 1. The van der Waals surface area contributed by atoms with Gasteiger partial charge in [0.1, 0.15) is 11.5 Å². The van der Waals surface area contributed by atoms with E-state index in [9.17, 15) is 14.9 Å². The number of ether oxygens (including phenoxy) is 2. The molecule has 0 spiro atoms. The van der Waals surface area contributed by atoms with Gasteiger partial charge in [-0.2, -0.15) is 5.26 Å². The molecule has 0 radical (unpaired) electrons. The van der Waals surface area contributed by atoms with Crippen LogP contribution in [0.1, 0.15) is 24.3 Å². The van der Waals surface area contributed by atoms with Crippen molar-refractivity contribution in [2.75, 3.05) is 37.1 Å². The zero-order valence-corrected chi connectivity index (χ0v) is 20.2. The normalized spacial score (nSPS) is 17.9. The Labute approximate surface area is 208 Å². The Kier molecular flexibility index (Phi) is 6.99. The highest BCUT2D eigenvalue weighted by atomic mass is 35.5. The van der Waals surface area contributed by atoms with E-state index in [0.717, 1.165) is 31.6 Å². The summed E-state index contributed by atoms with van der Waals surface area (Å²) < 4.78 is 10.2. The largest absolute Gasteiger partial charge is 0.466 e. The van der Waals surface area contributed by atoms with E-state index in [1.54, 1.807) is 36.4 Å². The number of rotatable bonds is 5. The van der Waals surface area contributed by atoms with Crippen LogP contribution in [0.4, 0.5) is 11.4 Å². The molecule has 4 rings (SSSR count). The molecule has 0 amide bonds. The molecule has 2 aromatic rings. The van der Waals surface area contributed by atoms with E-state index >= 15 is 0 Å². The van der Waals surface area contributed by atoms with Crippen molar-refractivity contribution in [3.8, 4) is 6.07 Å². The molecule has 0 saturated carbocycles. The van der Waals surface area contributed by atoms with Crippen molar-refractivity contribution >= 4 is 34.9 Å². The fraction of sp³-hybridized carbons (Fsp3) is 0.269. The highest BCUT2D eigenvalue weighted by molar-refractivity contribution is 6.31. The number of methoxy groups -OCH3 is 2. The molecule has 8 nitrogen and oxygen atoms in total. The Morgan fingerprint density at radius 2 is 1.69 bits per heavy atom. The van der Waals surface area contributed by atoms with Crippen LogP contribution in [0.3, 0.4) is 0 Å². The molecule has 9 heteroatoms. The Balaban J connectivity index is 2.07. The van der Waals surface area contributed by atoms with E-state index in [4.69, 9.17) is 26.8 Å². The van der Waals surface area contributed by atoms with Gasteiger partial charge in [-0.05, 0) is 36.6 Å². The van der Waals surface area contributed by atoms with Crippen molar-refractivity contribution in [3.63, 3.8) is 0 Å². The fourth-order valence-electron chi connectivity index (χ4n) is 4.66. The lowest BCUT2D eigenvalue weighted by molar-refractivity contribution is -0.139. The summed E-state index contributed by atoms with van der Waals surface area (Å²) in [6, 6.07) is 16.3. The number of halogens is 1. The minimum Gasteiger partial charge on any atom is -0.466 e. The number of allylic oxidation sites excluding steroid dienone is 1. The summed E-state index contributed by atoms with van der Waals surface area (Å²) in [5.74, 6) is -2.47. The first-order chi connectivity index (χ1) is 16.9. The third-order valence-electron chi connectivity index (χ3n) is 6.24. The smallest absolute Gasteiger partial charge is 0.355 e. The van der Waals surface area contributed by atoms with Gasteiger partial charge in [0.25, 0.3) is 0 Å². The molecule has 1 saturated heterocycles. The Hall–Kier alpha value is -3.96. The SMILES string of the molecule is COC(=O)C1=C(C(=O)OC)N(c2cc(Cl)ccc2N2CCCC2)C(N)=C(C#N)C1c1ccccc1. The minimum atomic E-state index is -0.923. The van der Waals surface area contributed by atoms with E-state index < -0.39 is 17.9 Å². The quantitative estimate of drug-likeness (QED) is 0.627. The van der Waals surface area contributed by atoms with Crippen LogP contribution in [-0.4, -0.2) is 39.2 Å². The molecule has 0 aromatic heterocycles. The Bertz CT molecular complexity index is 1260. The van der Waals surface area contributed by atoms with Crippen LogP contribution < -0.4 is 15.5 Å². The second-order valence-corrected chi connectivity index (χ2v) is 8.60. The topological polar surface area (TPSA) is 109 Å². The van der Waals surface area contributed by atoms with Crippen LogP contribution >= 0.6 is 11.6 Å².